The first-order valence-electron chi connectivity index (χ1n) is 6.78. The molecular formula is C15H22O4. The summed E-state index contributed by atoms with van der Waals surface area (Å²) in [5.74, 6) is -0.503. The Bertz CT molecular complexity index is 376. The zero-order chi connectivity index (χ0) is 13.9. The predicted molar refractivity (Wildman–Crippen MR) is 73.4 cm³/mol. The van der Waals surface area contributed by atoms with Crippen LogP contribution in [0.1, 0.15) is 43.0 Å². The van der Waals surface area contributed by atoms with E-state index in [0.29, 0.717) is 6.61 Å². The van der Waals surface area contributed by atoms with Gasteiger partial charge in [-0.05, 0) is 38.3 Å². The molecular weight excluding hydrogens is 244 g/mol. The smallest absolute Gasteiger partial charge is 0.341 e. The molecule has 0 saturated carbocycles. The third-order valence-corrected chi connectivity index (χ3v) is 2.74. The maximum Gasteiger partial charge on any atom is 0.341 e. The summed E-state index contributed by atoms with van der Waals surface area (Å²) >= 11 is 0. The van der Waals surface area contributed by atoms with Gasteiger partial charge in [0, 0.05) is 13.2 Å². The summed E-state index contributed by atoms with van der Waals surface area (Å²) in [6.45, 7) is 3.94. The van der Waals surface area contributed by atoms with Gasteiger partial charge in [-0.15, -0.1) is 0 Å². The van der Waals surface area contributed by atoms with Crippen LogP contribution >= 0.6 is 0 Å². The van der Waals surface area contributed by atoms with Crippen LogP contribution in [0.2, 0.25) is 0 Å². The Hall–Kier alpha value is -1.55. The van der Waals surface area contributed by atoms with E-state index in [1.165, 1.54) is 6.07 Å². The molecule has 0 spiro atoms. The second-order valence-electron chi connectivity index (χ2n) is 4.26. The minimum Gasteiger partial charge on any atom is -0.507 e. The van der Waals surface area contributed by atoms with Crippen molar-refractivity contribution in [2.75, 3.05) is 19.8 Å². The summed E-state index contributed by atoms with van der Waals surface area (Å²) in [4.78, 5) is 11.6. The van der Waals surface area contributed by atoms with E-state index in [1.807, 2.05) is 6.92 Å². The molecule has 0 aliphatic carbocycles. The summed E-state index contributed by atoms with van der Waals surface area (Å²) in [6, 6.07) is 6.40. The minimum absolute atomic E-state index is 0.0378. The van der Waals surface area contributed by atoms with Crippen LogP contribution in [0.25, 0.3) is 0 Å². The van der Waals surface area contributed by atoms with Crippen molar-refractivity contribution in [3.05, 3.63) is 29.8 Å². The third kappa shape index (κ3) is 6.25. The molecule has 1 rings (SSSR count). The molecule has 1 N–H and O–H groups in total. The van der Waals surface area contributed by atoms with Crippen LogP contribution in [-0.2, 0) is 9.47 Å². The average molecular weight is 266 g/mol. The maximum atomic E-state index is 11.6. The summed E-state index contributed by atoms with van der Waals surface area (Å²) < 4.78 is 10.3. The number of phenols is 1. The van der Waals surface area contributed by atoms with Gasteiger partial charge in [0.1, 0.15) is 11.3 Å². The number of para-hydroxylation sites is 1. The van der Waals surface area contributed by atoms with Crippen LogP contribution in [0.5, 0.6) is 5.75 Å². The Morgan fingerprint density at radius 3 is 2.47 bits per heavy atom. The van der Waals surface area contributed by atoms with Crippen LogP contribution in [-0.4, -0.2) is 30.9 Å². The molecule has 0 heterocycles. The fraction of sp³-hybridized carbons (Fsp3) is 0.533. The number of ether oxygens (including phenoxy) is 2. The summed E-state index contributed by atoms with van der Waals surface area (Å²) in [6.07, 6.45) is 3.97. The molecule has 0 atom stereocenters. The number of hydrogen-bond acceptors (Lipinski definition) is 4. The lowest BCUT2D eigenvalue weighted by molar-refractivity contribution is 0.0493. The second-order valence-corrected chi connectivity index (χ2v) is 4.26. The number of hydrogen-bond donors (Lipinski definition) is 1. The van der Waals surface area contributed by atoms with E-state index < -0.39 is 5.97 Å². The summed E-state index contributed by atoms with van der Waals surface area (Å²) in [5.41, 5.74) is 0.221. The van der Waals surface area contributed by atoms with Gasteiger partial charge in [0.05, 0.1) is 6.61 Å². The van der Waals surface area contributed by atoms with Gasteiger partial charge < -0.3 is 14.6 Å². The van der Waals surface area contributed by atoms with Gasteiger partial charge in [-0.3, -0.25) is 0 Å². The molecule has 0 aromatic heterocycles. The number of esters is 1. The van der Waals surface area contributed by atoms with Crippen molar-refractivity contribution < 1.29 is 19.4 Å². The molecule has 0 bridgehead atoms. The number of benzene rings is 1. The topological polar surface area (TPSA) is 55.8 Å². The van der Waals surface area contributed by atoms with Gasteiger partial charge >= 0.3 is 5.97 Å². The molecule has 0 saturated heterocycles. The number of rotatable bonds is 9. The lowest BCUT2D eigenvalue weighted by Gasteiger charge is -2.06. The number of carbonyl (C=O) groups excluding carboxylic acids is 1. The number of phenolic OH excluding ortho intramolecular Hbond substituents is 1. The van der Waals surface area contributed by atoms with Gasteiger partial charge in [-0.1, -0.05) is 18.6 Å². The number of carbonyl (C=O) groups is 1. The van der Waals surface area contributed by atoms with Gasteiger partial charge in [0.15, 0.2) is 0 Å². The first kappa shape index (κ1) is 15.5. The molecule has 1 aromatic rings. The molecule has 0 fully saturated rings. The summed E-state index contributed by atoms with van der Waals surface area (Å²) in [7, 11) is 0. The molecule has 0 aliphatic rings. The Labute approximate surface area is 114 Å². The highest BCUT2D eigenvalue weighted by molar-refractivity contribution is 5.92. The van der Waals surface area contributed by atoms with E-state index in [0.717, 1.165) is 38.9 Å². The van der Waals surface area contributed by atoms with Crippen LogP contribution in [0.3, 0.4) is 0 Å². The van der Waals surface area contributed by atoms with E-state index >= 15 is 0 Å². The Kier molecular flexibility index (Phi) is 7.66. The van der Waals surface area contributed by atoms with Crippen molar-refractivity contribution in [2.24, 2.45) is 0 Å². The Morgan fingerprint density at radius 2 is 1.79 bits per heavy atom. The fourth-order valence-corrected chi connectivity index (χ4v) is 1.69. The van der Waals surface area contributed by atoms with Crippen LogP contribution in [0.4, 0.5) is 0 Å². The molecule has 1 aromatic carbocycles. The third-order valence-electron chi connectivity index (χ3n) is 2.74. The van der Waals surface area contributed by atoms with E-state index in [2.05, 4.69) is 0 Å². The minimum atomic E-state index is -0.465. The van der Waals surface area contributed by atoms with Crippen LogP contribution < -0.4 is 0 Å². The van der Waals surface area contributed by atoms with E-state index in [-0.39, 0.29) is 11.3 Å². The largest absolute Gasteiger partial charge is 0.507 e. The normalized spacial score (nSPS) is 10.4. The second kappa shape index (κ2) is 9.39. The molecule has 4 nitrogen and oxygen atoms in total. The van der Waals surface area contributed by atoms with Crippen LogP contribution in [0.15, 0.2) is 24.3 Å². The first-order valence-corrected chi connectivity index (χ1v) is 6.78. The van der Waals surface area contributed by atoms with Crippen LogP contribution in [0, 0.1) is 0 Å². The van der Waals surface area contributed by atoms with E-state index in [9.17, 15) is 9.90 Å². The molecule has 106 valence electrons. The molecule has 4 heteroatoms. The molecule has 0 aliphatic heterocycles. The SMILES string of the molecule is CCOCCCCCCOC(=O)c1ccccc1O. The summed E-state index contributed by atoms with van der Waals surface area (Å²) in [5, 5.41) is 9.49. The van der Waals surface area contributed by atoms with Crippen molar-refractivity contribution in [1.29, 1.82) is 0 Å². The van der Waals surface area contributed by atoms with Crippen molar-refractivity contribution in [3.8, 4) is 5.75 Å². The Morgan fingerprint density at radius 1 is 1.11 bits per heavy atom. The number of unbranched alkanes of at least 4 members (excludes halogenated alkanes) is 3. The van der Waals surface area contributed by atoms with E-state index in [4.69, 9.17) is 9.47 Å². The quantitative estimate of drug-likeness (QED) is 0.551. The van der Waals surface area contributed by atoms with Crippen molar-refractivity contribution in [2.45, 2.75) is 32.6 Å². The highest BCUT2D eigenvalue weighted by atomic mass is 16.5. The molecule has 0 unspecified atom stereocenters. The standard InChI is InChI=1S/C15H22O4/c1-2-18-11-7-3-4-8-12-19-15(17)13-9-5-6-10-14(13)16/h5-6,9-10,16H,2-4,7-8,11-12H2,1H3. The van der Waals surface area contributed by atoms with Crippen molar-refractivity contribution in [1.82, 2.24) is 0 Å². The molecule has 0 radical (unpaired) electrons. The monoisotopic (exact) mass is 266 g/mol. The highest BCUT2D eigenvalue weighted by Crippen LogP contribution is 2.16. The van der Waals surface area contributed by atoms with Gasteiger partial charge in [0.2, 0.25) is 0 Å². The lowest BCUT2D eigenvalue weighted by Crippen LogP contribution is -2.06. The lowest BCUT2D eigenvalue weighted by atomic mass is 10.2. The van der Waals surface area contributed by atoms with E-state index in [1.54, 1.807) is 18.2 Å². The van der Waals surface area contributed by atoms with Crippen molar-refractivity contribution >= 4 is 5.97 Å². The predicted octanol–water partition coefficient (Wildman–Crippen LogP) is 3.15. The van der Waals surface area contributed by atoms with Gasteiger partial charge in [0.25, 0.3) is 0 Å². The number of aromatic hydroxyl groups is 1. The zero-order valence-electron chi connectivity index (χ0n) is 11.4. The van der Waals surface area contributed by atoms with Gasteiger partial charge in [-0.2, -0.15) is 0 Å². The molecule has 0 amide bonds. The van der Waals surface area contributed by atoms with Crippen molar-refractivity contribution in [3.63, 3.8) is 0 Å². The first-order chi connectivity index (χ1) is 9.25. The molecule has 19 heavy (non-hydrogen) atoms. The van der Waals surface area contributed by atoms with Gasteiger partial charge in [-0.25, -0.2) is 4.79 Å². The average Bonchev–Trinajstić information content (AvgIpc) is 2.42. The fourth-order valence-electron chi connectivity index (χ4n) is 1.69. The zero-order valence-corrected chi connectivity index (χ0v) is 11.4. The Balaban J connectivity index is 2.10. The highest BCUT2D eigenvalue weighted by Gasteiger charge is 2.10. The maximum absolute atomic E-state index is 11.6.